The van der Waals surface area contributed by atoms with E-state index in [0.717, 1.165) is 47.8 Å². The Morgan fingerprint density at radius 2 is 1.88 bits per heavy atom. The Kier molecular flexibility index (Phi) is 4.01. The van der Waals surface area contributed by atoms with Gasteiger partial charge in [0.25, 0.3) is 5.89 Å². The third-order valence-corrected chi connectivity index (χ3v) is 4.62. The summed E-state index contributed by atoms with van der Waals surface area (Å²) in [7, 11) is 0. The van der Waals surface area contributed by atoms with Crippen molar-refractivity contribution in [2.75, 3.05) is 0 Å². The van der Waals surface area contributed by atoms with Crippen molar-refractivity contribution in [1.29, 1.82) is 0 Å². The largest absolute Gasteiger partial charge is 0.360 e. The highest BCUT2D eigenvalue weighted by molar-refractivity contribution is 5.85. The van der Waals surface area contributed by atoms with Gasteiger partial charge in [0, 0.05) is 17.5 Å². The summed E-state index contributed by atoms with van der Waals surface area (Å²) in [5.74, 6) is 2.61. The van der Waals surface area contributed by atoms with Crippen LogP contribution >= 0.6 is 12.4 Å². The van der Waals surface area contributed by atoms with E-state index in [9.17, 15) is 0 Å². The molecular weight excluding hydrogens is 330 g/mol. The average molecular weight is 350 g/mol. The maximum absolute atomic E-state index is 6.27. The Bertz CT molecular complexity index is 875. The van der Waals surface area contributed by atoms with E-state index < -0.39 is 5.54 Å². The van der Waals surface area contributed by atoms with Gasteiger partial charge in [0.05, 0.1) is 11.1 Å². The summed E-state index contributed by atoms with van der Waals surface area (Å²) in [5, 5.41) is 8.17. The quantitative estimate of drug-likeness (QED) is 0.780. The number of hydrogen-bond donors (Lipinski definition) is 1. The van der Waals surface area contributed by atoms with Gasteiger partial charge in [-0.3, -0.25) is 4.57 Å². The van der Waals surface area contributed by atoms with Gasteiger partial charge in [0.2, 0.25) is 0 Å². The molecule has 0 unspecified atom stereocenters. The van der Waals surface area contributed by atoms with E-state index in [4.69, 9.17) is 14.8 Å². The number of halogens is 1. The van der Waals surface area contributed by atoms with E-state index in [1.807, 2.05) is 37.5 Å². The zero-order chi connectivity index (χ0) is 16.2. The van der Waals surface area contributed by atoms with Gasteiger partial charge < -0.3 is 14.8 Å². The van der Waals surface area contributed by atoms with Gasteiger partial charge in [-0.15, -0.1) is 12.4 Å². The average Bonchev–Trinajstić information content (AvgIpc) is 3.16. The van der Waals surface area contributed by atoms with Crippen LogP contribution in [0.2, 0.25) is 0 Å². The molecule has 24 heavy (non-hydrogen) atoms. The predicted molar refractivity (Wildman–Crippen MR) is 90.3 cm³/mol. The molecule has 7 nitrogen and oxygen atoms in total. The predicted octanol–water partition coefficient (Wildman–Crippen LogP) is 3.20. The zero-order valence-electron chi connectivity index (χ0n) is 13.9. The van der Waals surface area contributed by atoms with Gasteiger partial charge in [-0.05, 0) is 46.1 Å². The molecule has 1 aliphatic rings. The standard InChI is InChI=1S/C16H19N5O2.ClH/c1-9-7-12(11(3)21(9)13-8-10(2)22-19-13)14-18-15(20-23-14)16(17)5-4-6-16;/h7-8H,4-6,17H2,1-3H3;1H. The van der Waals surface area contributed by atoms with Crippen LogP contribution in [-0.2, 0) is 5.54 Å². The number of nitrogens with two attached hydrogens (primary N) is 1. The van der Waals surface area contributed by atoms with Gasteiger partial charge >= 0.3 is 0 Å². The summed E-state index contributed by atoms with van der Waals surface area (Å²) in [6.45, 7) is 5.88. The molecule has 2 N–H and O–H groups in total. The van der Waals surface area contributed by atoms with Crippen molar-refractivity contribution in [3.63, 3.8) is 0 Å². The second kappa shape index (κ2) is 5.75. The molecule has 0 aromatic carbocycles. The molecule has 0 saturated heterocycles. The molecule has 3 heterocycles. The van der Waals surface area contributed by atoms with Crippen molar-refractivity contribution >= 4 is 12.4 Å². The number of nitrogens with zero attached hydrogens (tertiary/aromatic N) is 4. The smallest absolute Gasteiger partial charge is 0.259 e. The van der Waals surface area contributed by atoms with E-state index in [-0.39, 0.29) is 12.4 Å². The third kappa shape index (κ3) is 2.44. The first kappa shape index (κ1) is 16.7. The second-order valence-corrected chi connectivity index (χ2v) is 6.35. The topological polar surface area (TPSA) is 95.9 Å². The fraction of sp³-hybridized carbons (Fsp3) is 0.438. The molecule has 3 aromatic rings. The highest BCUT2D eigenvalue weighted by Crippen LogP contribution is 2.38. The van der Waals surface area contributed by atoms with Crippen LogP contribution in [0, 0.1) is 20.8 Å². The fourth-order valence-electron chi connectivity index (χ4n) is 3.11. The van der Waals surface area contributed by atoms with Crippen LogP contribution in [0.3, 0.4) is 0 Å². The first-order valence-corrected chi connectivity index (χ1v) is 7.74. The lowest BCUT2D eigenvalue weighted by molar-refractivity contribution is 0.229. The summed E-state index contributed by atoms with van der Waals surface area (Å²) in [6.07, 6.45) is 2.92. The second-order valence-electron chi connectivity index (χ2n) is 6.35. The normalized spacial score (nSPS) is 15.8. The Morgan fingerprint density at radius 1 is 1.12 bits per heavy atom. The number of aryl methyl sites for hydroxylation is 2. The van der Waals surface area contributed by atoms with E-state index in [1.165, 1.54) is 0 Å². The summed E-state index contributed by atoms with van der Waals surface area (Å²) >= 11 is 0. The number of aromatic nitrogens is 4. The van der Waals surface area contributed by atoms with E-state index in [2.05, 4.69) is 15.3 Å². The molecule has 1 saturated carbocycles. The van der Waals surface area contributed by atoms with Gasteiger partial charge in [0.15, 0.2) is 11.6 Å². The van der Waals surface area contributed by atoms with Crippen molar-refractivity contribution < 1.29 is 9.05 Å². The van der Waals surface area contributed by atoms with Gasteiger partial charge in [0.1, 0.15) is 5.76 Å². The summed E-state index contributed by atoms with van der Waals surface area (Å²) in [4.78, 5) is 4.53. The van der Waals surface area contributed by atoms with Gasteiger partial charge in [-0.1, -0.05) is 10.3 Å². The minimum atomic E-state index is -0.420. The van der Waals surface area contributed by atoms with Crippen LogP contribution in [0.15, 0.2) is 21.2 Å². The molecule has 0 atom stereocenters. The molecule has 1 fully saturated rings. The van der Waals surface area contributed by atoms with Crippen LogP contribution in [0.1, 0.15) is 42.2 Å². The Hall–Kier alpha value is -2.12. The van der Waals surface area contributed by atoms with E-state index in [0.29, 0.717) is 11.7 Å². The molecule has 0 spiro atoms. The molecule has 4 rings (SSSR count). The lowest BCUT2D eigenvalue weighted by Gasteiger charge is -2.34. The number of hydrogen-bond acceptors (Lipinski definition) is 6. The molecule has 8 heteroatoms. The minimum Gasteiger partial charge on any atom is -0.360 e. The Morgan fingerprint density at radius 3 is 2.46 bits per heavy atom. The lowest BCUT2D eigenvalue weighted by Crippen LogP contribution is -2.44. The first-order chi connectivity index (χ1) is 11.0. The Balaban J connectivity index is 0.00000169. The SMILES string of the molecule is Cc1cc(-n2c(C)cc(-c3nc(C4(N)CCC4)no3)c2C)no1.Cl. The summed E-state index contributed by atoms with van der Waals surface area (Å²) in [5.41, 5.74) is 8.75. The van der Waals surface area contributed by atoms with Crippen molar-refractivity contribution in [3.8, 4) is 17.3 Å². The van der Waals surface area contributed by atoms with Gasteiger partial charge in [-0.2, -0.15) is 4.98 Å². The van der Waals surface area contributed by atoms with Crippen LogP contribution < -0.4 is 5.73 Å². The molecule has 128 valence electrons. The van der Waals surface area contributed by atoms with E-state index >= 15 is 0 Å². The van der Waals surface area contributed by atoms with Crippen molar-refractivity contribution in [1.82, 2.24) is 19.9 Å². The van der Waals surface area contributed by atoms with Crippen LogP contribution in [0.5, 0.6) is 0 Å². The molecule has 0 radical (unpaired) electrons. The highest BCUT2D eigenvalue weighted by Gasteiger charge is 2.39. The summed E-state index contributed by atoms with van der Waals surface area (Å²) in [6, 6.07) is 3.91. The molecule has 3 aromatic heterocycles. The molecule has 0 bridgehead atoms. The molecule has 0 aliphatic heterocycles. The Labute approximate surface area is 145 Å². The highest BCUT2D eigenvalue weighted by atomic mass is 35.5. The van der Waals surface area contributed by atoms with Crippen LogP contribution in [0.4, 0.5) is 0 Å². The molecular formula is C16H20ClN5O2. The summed E-state index contributed by atoms with van der Waals surface area (Å²) < 4.78 is 12.7. The lowest BCUT2D eigenvalue weighted by atomic mass is 9.77. The monoisotopic (exact) mass is 349 g/mol. The third-order valence-electron chi connectivity index (χ3n) is 4.62. The van der Waals surface area contributed by atoms with E-state index in [1.54, 1.807) is 0 Å². The van der Waals surface area contributed by atoms with Crippen LogP contribution in [0.25, 0.3) is 17.3 Å². The minimum absolute atomic E-state index is 0. The van der Waals surface area contributed by atoms with Crippen molar-refractivity contribution in [2.24, 2.45) is 5.73 Å². The maximum atomic E-state index is 6.27. The number of rotatable bonds is 3. The maximum Gasteiger partial charge on any atom is 0.259 e. The molecule has 1 aliphatic carbocycles. The van der Waals surface area contributed by atoms with Crippen molar-refractivity contribution in [2.45, 2.75) is 45.6 Å². The zero-order valence-corrected chi connectivity index (χ0v) is 14.7. The molecule has 0 amide bonds. The fourth-order valence-corrected chi connectivity index (χ4v) is 3.11. The van der Waals surface area contributed by atoms with Crippen molar-refractivity contribution in [3.05, 3.63) is 35.1 Å². The van der Waals surface area contributed by atoms with Crippen LogP contribution in [-0.4, -0.2) is 19.9 Å². The first-order valence-electron chi connectivity index (χ1n) is 7.74. The van der Waals surface area contributed by atoms with Gasteiger partial charge in [-0.25, -0.2) is 0 Å².